The summed E-state index contributed by atoms with van der Waals surface area (Å²) in [6, 6.07) is 8.91. The summed E-state index contributed by atoms with van der Waals surface area (Å²) in [4.78, 5) is 32.2. The van der Waals surface area contributed by atoms with Crippen LogP contribution in [0.3, 0.4) is 0 Å². The largest absolute Gasteiger partial charge is 0.497 e. The van der Waals surface area contributed by atoms with E-state index >= 15 is 0 Å². The van der Waals surface area contributed by atoms with Gasteiger partial charge in [0.2, 0.25) is 0 Å². The van der Waals surface area contributed by atoms with Gasteiger partial charge in [-0.3, -0.25) is 9.59 Å². The maximum Gasteiger partial charge on any atom is 0.422 e. The van der Waals surface area contributed by atoms with Gasteiger partial charge in [-0.15, -0.1) is 0 Å². The first kappa shape index (κ1) is 23.7. The van der Waals surface area contributed by atoms with Crippen molar-refractivity contribution in [2.75, 3.05) is 33.9 Å². The van der Waals surface area contributed by atoms with Crippen LogP contribution in [0.4, 0.5) is 13.2 Å². The van der Waals surface area contributed by atoms with E-state index in [1.807, 2.05) is 7.05 Å². The molecule has 0 saturated carbocycles. The molecule has 1 fully saturated rings. The molecule has 2 heterocycles. The van der Waals surface area contributed by atoms with Crippen molar-refractivity contribution in [2.24, 2.45) is 5.92 Å². The molecule has 0 bridgehead atoms. The number of carbonyl (C=O) groups is 2. The van der Waals surface area contributed by atoms with Gasteiger partial charge in [0.25, 0.3) is 0 Å². The number of nitrogens with zero attached hydrogens (tertiary/aromatic N) is 2. The van der Waals surface area contributed by atoms with E-state index in [9.17, 15) is 22.8 Å². The summed E-state index contributed by atoms with van der Waals surface area (Å²) < 4.78 is 47.7. The molecule has 3 rings (SSSR count). The van der Waals surface area contributed by atoms with E-state index in [1.165, 1.54) is 25.3 Å². The van der Waals surface area contributed by atoms with Crippen LogP contribution >= 0.6 is 0 Å². The topological polar surface area (TPSA) is 68.7 Å². The highest BCUT2D eigenvalue weighted by Crippen LogP contribution is 2.28. The molecule has 172 valence electrons. The molecular formula is C23H25F3N2O4. The molecule has 1 aromatic carbocycles. The standard InChI is InChI=1S/C23H25F3N2O4/c1-28-10-8-15(9-11-28)22(30)19-5-3-4-16(27-19)12-20(29)18-13-17(31-2)6-7-21(18)32-14-23(24,25)26/h3-7,13,15H,8-12,14H2,1-2H3. The second kappa shape index (κ2) is 10.1. The normalized spacial score (nSPS) is 15.4. The minimum Gasteiger partial charge on any atom is -0.497 e. The van der Waals surface area contributed by atoms with E-state index in [-0.39, 0.29) is 29.4 Å². The van der Waals surface area contributed by atoms with Crippen LogP contribution in [-0.2, 0) is 6.42 Å². The number of hydrogen-bond donors (Lipinski definition) is 0. The molecule has 32 heavy (non-hydrogen) atoms. The second-order valence-electron chi connectivity index (χ2n) is 7.82. The molecule has 2 aromatic rings. The van der Waals surface area contributed by atoms with E-state index in [1.54, 1.807) is 18.2 Å². The van der Waals surface area contributed by atoms with Crippen LogP contribution in [-0.4, -0.2) is 61.5 Å². The molecule has 0 unspecified atom stereocenters. The number of pyridine rings is 1. The van der Waals surface area contributed by atoms with Crippen LogP contribution in [0.15, 0.2) is 36.4 Å². The Morgan fingerprint density at radius 2 is 1.88 bits per heavy atom. The number of aromatic nitrogens is 1. The van der Waals surface area contributed by atoms with E-state index in [4.69, 9.17) is 9.47 Å². The number of Topliss-reactive ketones (excluding diaryl/α,β-unsaturated/α-hetero) is 2. The van der Waals surface area contributed by atoms with Gasteiger partial charge in [-0.25, -0.2) is 4.98 Å². The Labute approximate surface area is 184 Å². The van der Waals surface area contributed by atoms with Crippen LogP contribution in [0.2, 0.25) is 0 Å². The Morgan fingerprint density at radius 3 is 2.53 bits per heavy atom. The molecule has 0 radical (unpaired) electrons. The summed E-state index contributed by atoms with van der Waals surface area (Å²) in [6.07, 6.45) is -3.22. The number of benzene rings is 1. The van der Waals surface area contributed by atoms with Gasteiger partial charge in [-0.1, -0.05) is 6.07 Å². The van der Waals surface area contributed by atoms with Crippen molar-refractivity contribution in [3.05, 3.63) is 53.3 Å². The molecule has 0 aliphatic carbocycles. The quantitative estimate of drug-likeness (QED) is 0.567. The average molecular weight is 450 g/mol. The van der Waals surface area contributed by atoms with E-state index < -0.39 is 18.6 Å². The predicted octanol–water partition coefficient (Wildman–Crippen LogP) is 3.98. The molecule has 0 spiro atoms. The van der Waals surface area contributed by atoms with Crippen molar-refractivity contribution in [1.29, 1.82) is 0 Å². The summed E-state index contributed by atoms with van der Waals surface area (Å²) in [7, 11) is 3.40. The zero-order valence-electron chi connectivity index (χ0n) is 17.9. The first-order chi connectivity index (χ1) is 15.2. The number of halogens is 3. The first-order valence-electron chi connectivity index (χ1n) is 10.3. The number of hydrogen-bond acceptors (Lipinski definition) is 6. The lowest BCUT2D eigenvalue weighted by Crippen LogP contribution is -2.33. The monoisotopic (exact) mass is 450 g/mol. The molecule has 0 N–H and O–H groups in total. The SMILES string of the molecule is COc1ccc(OCC(F)(F)F)c(C(=O)Cc2cccc(C(=O)C3CCN(C)CC3)n2)c1. The highest BCUT2D eigenvalue weighted by atomic mass is 19.4. The lowest BCUT2D eigenvalue weighted by Gasteiger charge is -2.27. The Kier molecular flexibility index (Phi) is 7.50. The highest BCUT2D eigenvalue weighted by Gasteiger charge is 2.30. The van der Waals surface area contributed by atoms with Gasteiger partial charge in [0.1, 0.15) is 17.2 Å². The van der Waals surface area contributed by atoms with Crippen LogP contribution < -0.4 is 9.47 Å². The fraction of sp³-hybridized carbons (Fsp3) is 0.435. The van der Waals surface area contributed by atoms with Gasteiger partial charge < -0.3 is 14.4 Å². The second-order valence-corrected chi connectivity index (χ2v) is 7.82. The highest BCUT2D eigenvalue weighted by molar-refractivity contribution is 6.00. The van der Waals surface area contributed by atoms with Gasteiger partial charge in [0, 0.05) is 11.6 Å². The maximum absolute atomic E-state index is 12.9. The minimum atomic E-state index is -4.54. The van der Waals surface area contributed by atoms with E-state index in [0.29, 0.717) is 17.1 Å². The van der Waals surface area contributed by atoms with Crippen molar-refractivity contribution in [3.63, 3.8) is 0 Å². The van der Waals surface area contributed by atoms with Gasteiger partial charge >= 0.3 is 6.18 Å². The third-order valence-electron chi connectivity index (χ3n) is 5.37. The Morgan fingerprint density at radius 1 is 1.16 bits per heavy atom. The lowest BCUT2D eigenvalue weighted by molar-refractivity contribution is -0.153. The Bertz CT molecular complexity index is 970. The molecule has 0 atom stereocenters. The number of ketones is 2. The number of alkyl halides is 3. The molecule has 0 amide bonds. The Hall–Kier alpha value is -2.94. The van der Waals surface area contributed by atoms with E-state index in [2.05, 4.69) is 9.88 Å². The van der Waals surface area contributed by atoms with E-state index in [0.717, 1.165) is 25.9 Å². The number of ether oxygens (including phenoxy) is 2. The summed E-state index contributed by atoms with van der Waals surface area (Å²) in [5, 5.41) is 0. The third-order valence-corrected chi connectivity index (χ3v) is 5.37. The van der Waals surface area contributed by atoms with Gasteiger partial charge in [-0.2, -0.15) is 13.2 Å². The van der Waals surface area contributed by atoms with Gasteiger partial charge in [0.05, 0.1) is 19.1 Å². The van der Waals surface area contributed by atoms with Crippen LogP contribution in [0.5, 0.6) is 11.5 Å². The average Bonchev–Trinajstić information content (AvgIpc) is 2.77. The molecule has 1 saturated heterocycles. The van der Waals surface area contributed by atoms with Crippen LogP contribution in [0.1, 0.15) is 39.4 Å². The fourth-order valence-electron chi connectivity index (χ4n) is 3.59. The number of methoxy groups -OCH3 is 1. The van der Waals surface area contributed by atoms with Gasteiger partial charge in [0.15, 0.2) is 18.2 Å². The molecule has 6 nitrogen and oxygen atoms in total. The molecule has 1 aliphatic rings. The zero-order valence-corrected chi connectivity index (χ0v) is 17.9. The minimum absolute atomic E-state index is 0.0394. The summed E-state index contributed by atoms with van der Waals surface area (Å²) >= 11 is 0. The number of likely N-dealkylation sites (tertiary alicyclic amines) is 1. The molecule has 1 aliphatic heterocycles. The van der Waals surface area contributed by atoms with Crippen molar-refractivity contribution < 1.29 is 32.2 Å². The third kappa shape index (κ3) is 6.29. The maximum atomic E-state index is 12.9. The molecule has 9 heteroatoms. The smallest absolute Gasteiger partial charge is 0.422 e. The number of carbonyl (C=O) groups excluding carboxylic acids is 2. The summed E-state index contributed by atoms with van der Waals surface area (Å²) in [5.74, 6) is -0.524. The molecule has 1 aromatic heterocycles. The molecular weight excluding hydrogens is 425 g/mol. The predicted molar refractivity (Wildman–Crippen MR) is 111 cm³/mol. The van der Waals surface area contributed by atoms with Crippen molar-refractivity contribution >= 4 is 11.6 Å². The first-order valence-corrected chi connectivity index (χ1v) is 10.3. The zero-order chi connectivity index (χ0) is 23.3. The van der Waals surface area contributed by atoms with Crippen LogP contribution in [0, 0.1) is 5.92 Å². The van der Waals surface area contributed by atoms with Crippen molar-refractivity contribution in [2.45, 2.75) is 25.4 Å². The van der Waals surface area contributed by atoms with Crippen molar-refractivity contribution in [1.82, 2.24) is 9.88 Å². The van der Waals surface area contributed by atoms with Gasteiger partial charge in [-0.05, 0) is 63.3 Å². The Balaban J connectivity index is 1.77. The summed E-state index contributed by atoms with van der Waals surface area (Å²) in [5.41, 5.74) is 0.616. The lowest BCUT2D eigenvalue weighted by atomic mass is 9.91. The van der Waals surface area contributed by atoms with Crippen LogP contribution in [0.25, 0.3) is 0 Å². The number of piperidine rings is 1. The fourth-order valence-corrected chi connectivity index (χ4v) is 3.59. The summed E-state index contributed by atoms with van der Waals surface area (Å²) in [6.45, 7) is 0.161. The van der Waals surface area contributed by atoms with Crippen molar-refractivity contribution in [3.8, 4) is 11.5 Å². The number of rotatable bonds is 8.